The van der Waals surface area contributed by atoms with Crippen LogP contribution in [0.1, 0.15) is 18.1 Å². The maximum Gasteiger partial charge on any atom is 0.126 e. The minimum atomic E-state index is -0.552. The van der Waals surface area contributed by atoms with Gasteiger partial charge in [-0.05, 0) is 48.7 Å². The van der Waals surface area contributed by atoms with E-state index in [4.69, 9.17) is 11.6 Å². The Labute approximate surface area is 122 Å². The molecule has 0 amide bonds. The quantitative estimate of drug-likeness (QED) is 0.865. The van der Waals surface area contributed by atoms with Gasteiger partial charge in [-0.25, -0.2) is 8.78 Å². The smallest absolute Gasteiger partial charge is 0.126 e. The van der Waals surface area contributed by atoms with Crippen molar-refractivity contribution < 1.29 is 8.78 Å². The van der Waals surface area contributed by atoms with Crippen LogP contribution >= 0.6 is 11.6 Å². The zero-order valence-electron chi connectivity index (χ0n) is 11.2. The second-order valence-corrected chi connectivity index (χ2v) is 5.33. The van der Waals surface area contributed by atoms with Gasteiger partial charge in [0.15, 0.2) is 0 Å². The fourth-order valence-corrected chi connectivity index (χ4v) is 2.31. The second kappa shape index (κ2) is 6.82. The molecule has 1 atom stereocenters. The lowest BCUT2D eigenvalue weighted by atomic mass is 10.1. The lowest BCUT2D eigenvalue weighted by Crippen LogP contribution is -2.27. The maximum atomic E-state index is 13.1. The van der Waals surface area contributed by atoms with Crippen molar-refractivity contribution in [2.24, 2.45) is 0 Å². The molecule has 0 aromatic heterocycles. The number of halogens is 3. The Morgan fingerprint density at radius 3 is 2.40 bits per heavy atom. The monoisotopic (exact) mass is 295 g/mol. The van der Waals surface area contributed by atoms with Gasteiger partial charge in [-0.1, -0.05) is 23.7 Å². The summed E-state index contributed by atoms with van der Waals surface area (Å²) < 4.78 is 26.1. The third kappa shape index (κ3) is 4.58. The van der Waals surface area contributed by atoms with Crippen LogP contribution in [-0.4, -0.2) is 6.04 Å². The highest BCUT2D eigenvalue weighted by molar-refractivity contribution is 6.30. The van der Waals surface area contributed by atoms with E-state index in [2.05, 4.69) is 5.32 Å². The molecule has 2 aromatic rings. The van der Waals surface area contributed by atoms with E-state index >= 15 is 0 Å². The largest absolute Gasteiger partial charge is 0.310 e. The van der Waals surface area contributed by atoms with Gasteiger partial charge in [0.05, 0.1) is 0 Å². The first-order valence-corrected chi connectivity index (χ1v) is 6.83. The molecular weight excluding hydrogens is 280 g/mol. The Hall–Kier alpha value is -1.45. The molecule has 0 radical (unpaired) electrons. The molecule has 106 valence electrons. The average molecular weight is 296 g/mol. The number of nitrogens with one attached hydrogen (secondary N) is 1. The SMILES string of the molecule is CC(Cc1cccc(Cl)c1)NCc1cc(F)cc(F)c1. The normalized spacial score (nSPS) is 12.4. The Kier molecular flexibility index (Phi) is 5.10. The summed E-state index contributed by atoms with van der Waals surface area (Å²) in [4.78, 5) is 0. The summed E-state index contributed by atoms with van der Waals surface area (Å²) >= 11 is 5.93. The van der Waals surface area contributed by atoms with Crippen molar-refractivity contribution in [3.05, 3.63) is 70.2 Å². The molecule has 0 spiro atoms. The molecule has 0 saturated heterocycles. The predicted molar refractivity (Wildman–Crippen MR) is 77.8 cm³/mol. The van der Waals surface area contributed by atoms with Crippen molar-refractivity contribution in [1.82, 2.24) is 5.32 Å². The van der Waals surface area contributed by atoms with Crippen LogP contribution in [0, 0.1) is 11.6 Å². The van der Waals surface area contributed by atoms with E-state index in [1.54, 1.807) is 0 Å². The lowest BCUT2D eigenvalue weighted by Gasteiger charge is -2.14. The predicted octanol–water partition coefficient (Wildman–Crippen LogP) is 4.34. The number of rotatable bonds is 5. The molecule has 0 heterocycles. The molecule has 1 nitrogen and oxygen atoms in total. The van der Waals surface area contributed by atoms with Gasteiger partial charge < -0.3 is 5.32 Å². The van der Waals surface area contributed by atoms with E-state index in [-0.39, 0.29) is 6.04 Å². The first-order valence-electron chi connectivity index (χ1n) is 6.46. The van der Waals surface area contributed by atoms with Gasteiger partial charge in [0.1, 0.15) is 11.6 Å². The molecule has 0 bridgehead atoms. The van der Waals surface area contributed by atoms with E-state index in [1.165, 1.54) is 12.1 Å². The van der Waals surface area contributed by atoms with E-state index in [9.17, 15) is 8.78 Å². The summed E-state index contributed by atoms with van der Waals surface area (Å²) in [5.41, 5.74) is 1.73. The molecule has 1 unspecified atom stereocenters. The maximum absolute atomic E-state index is 13.1. The van der Waals surface area contributed by atoms with Crippen molar-refractivity contribution >= 4 is 11.6 Å². The van der Waals surface area contributed by atoms with E-state index in [1.807, 2.05) is 31.2 Å². The molecular formula is C16H16ClF2N. The Balaban J connectivity index is 1.90. The molecule has 0 aliphatic carbocycles. The summed E-state index contributed by atoms with van der Waals surface area (Å²) in [7, 11) is 0. The van der Waals surface area contributed by atoms with Crippen LogP contribution in [0.25, 0.3) is 0 Å². The third-order valence-corrected chi connectivity index (χ3v) is 3.24. The molecule has 0 saturated carbocycles. The van der Waals surface area contributed by atoms with Crippen LogP contribution in [0.4, 0.5) is 8.78 Å². The Morgan fingerprint density at radius 1 is 1.05 bits per heavy atom. The van der Waals surface area contributed by atoms with Gasteiger partial charge in [0, 0.05) is 23.7 Å². The van der Waals surface area contributed by atoms with Crippen molar-refractivity contribution in [2.75, 3.05) is 0 Å². The van der Waals surface area contributed by atoms with Crippen LogP contribution < -0.4 is 5.32 Å². The Bertz CT molecular complexity index is 566. The van der Waals surface area contributed by atoms with E-state index < -0.39 is 11.6 Å². The van der Waals surface area contributed by atoms with Crippen molar-refractivity contribution in [3.63, 3.8) is 0 Å². The standard InChI is InChI=1S/C16H16ClF2N/c1-11(5-12-3-2-4-14(17)6-12)20-10-13-7-15(18)9-16(19)8-13/h2-4,6-9,11,20H,5,10H2,1H3. The second-order valence-electron chi connectivity index (χ2n) is 4.89. The van der Waals surface area contributed by atoms with E-state index in [0.717, 1.165) is 18.1 Å². The van der Waals surface area contributed by atoms with Gasteiger partial charge >= 0.3 is 0 Å². The van der Waals surface area contributed by atoms with Crippen LogP contribution in [0.15, 0.2) is 42.5 Å². The minimum absolute atomic E-state index is 0.180. The molecule has 1 N–H and O–H groups in total. The molecule has 2 rings (SSSR count). The molecule has 0 aliphatic heterocycles. The van der Waals surface area contributed by atoms with Crippen molar-refractivity contribution in [1.29, 1.82) is 0 Å². The van der Waals surface area contributed by atoms with Crippen molar-refractivity contribution in [3.8, 4) is 0 Å². The fraction of sp³-hybridized carbons (Fsp3) is 0.250. The first-order chi connectivity index (χ1) is 9.52. The summed E-state index contributed by atoms with van der Waals surface area (Å²) in [5, 5.41) is 3.95. The van der Waals surface area contributed by atoms with Crippen LogP contribution in [0.5, 0.6) is 0 Å². The zero-order chi connectivity index (χ0) is 14.5. The molecule has 4 heteroatoms. The molecule has 0 fully saturated rings. The van der Waals surface area contributed by atoms with E-state index in [0.29, 0.717) is 17.1 Å². The minimum Gasteiger partial charge on any atom is -0.310 e. The summed E-state index contributed by atoms with van der Waals surface area (Å²) in [6.45, 7) is 2.45. The highest BCUT2D eigenvalue weighted by atomic mass is 35.5. The zero-order valence-corrected chi connectivity index (χ0v) is 11.9. The van der Waals surface area contributed by atoms with Crippen LogP contribution in [0.3, 0.4) is 0 Å². The van der Waals surface area contributed by atoms with Gasteiger partial charge in [0.25, 0.3) is 0 Å². The van der Waals surface area contributed by atoms with Gasteiger partial charge in [-0.2, -0.15) is 0 Å². The summed E-state index contributed by atoms with van der Waals surface area (Å²) in [6.07, 6.45) is 0.804. The lowest BCUT2D eigenvalue weighted by molar-refractivity contribution is 0.535. The fourth-order valence-electron chi connectivity index (χ4n) is 2.09. The summed E-state index contributed by atoms with van der Waals surface area (Å²) in [5.74, 6) is -1.10. The molecule has 20 heavy (non-hydrogen) atoms. The van der Waals surface area contributed by atoms with Gasteiger partial charge in [0.2, 0.25) is 0 Å². The highest BCUT2D eigenvalue weighted by Crippen LogP contribution is 2.13. The topological polar surface area (TPSA) is 12.0 Å². The highest BCUT2D eigenvalue weighted by Gasteiger charge is 2.05. The van der Waals surface area contributed by atoms with Gasteiger partial charge in [-0.15, -0.1) is 0 Å². The number of hydrogen-bond acceptors (Lipinski definition) is 1. The van der Waals surface area contributed by atoms with Crippen molar-refractivity contribution in [2.45, 2.75) is 25.9 Å². The number of hydrogen-bond donors (Lipinski definition) is 1. The average Bonchev–Trinajstić information content (AvgIpc) is 2.35. The number of benzene rings is 2. The summed E-state index contributed by atoms with van der Waals surface area (Å²) in [6, 6.07) is 11.4. The van der Waals surface area contributed by atoms with Crippen LogP contribution in [0.2, 0.25) is 5.02 Å². The molecule has 0 aliphatic rings. The first kappa shape index (κ1) is 14.9. The van der Waals surface area contributed by atoms with Crippen LogP contribution in [-0.2, 0) is 13.0 Å². The third-order valence-electron chi connectivity index (χ3n) is 3.01. The molecule has 2 aromatic carbocycles. The van der Waals surface area contributed by atoms with Gasteiger partial charge in [-0.3, -0.25) is 0 Å². The Morgan fingerprint density at radius 2 is 1.75 bits per heavy atom.